The number of hydrogen-bond acceptors (Lipinski definition) is 7. The maximum absolute atomic E-state index is 15.4. The van der Waals surface area contributed by atoms with Crippen molar-refractivity contribution in [2.75, 3.05) is 6.61 Å². The van der Waals surface area contributed by atoms with E-state index in [9.17, 15) is 14.4 Å². The maximum Gasteiger partial charge on any atom is 0.397 e. The molecule has 0 radical (unpaired) electrons. The van der Waals surface area contributed by atoms with Crippen LogP contribution in [0.5, 0.6) is 5.75 Å². The molecular formula is C27H38FN2O7P. The maximum atomic E-state index is 15.4. The van der Waals surface area contributed by atoms with E-state index in [0.29, 0.717) is 36.0 Å². The van der Waals surface area contributed by atoms with Gasteiger partial charge in [0, 0.05) is 11.8 Å². The monoisotopic (exact) mass is 552 g/mol. The number of rotatable bonds is 5. The number of carbonyl (C=O) groups is 1. The second-order valence-electron chi connectivity index (χ2n) is 11.1. The van der Waals surface area contributed by atoms with Gasteiger partial charge >= 0.3 is 14.3 Å². The highest BCUT2D eigenvalue weighted by molar-refractivity contribution is 7.42. The first-order valence-corrected chi connectivity index (χ1v) is 14.0. The third kappa shape index (κ3) is 6.42. The molecule has 1 saturated heterocycles. The molecule has 0 aliphatic carbocycles. The SMILES string of the molecule is CC.CC(C)(C)c1cc(C(C)(C)C)c2c(c1F)COP(OCC1CCC(n3cc(C=O)c(=O)[nH]c3=O)O1)O2. The predicted molar refractivity (Wildman–Crippen MR) is 143 cm³/mol. The molecule has 0 spiro atoms. The number of carbonyl (C=O) groups excluding carboxylic acids is 1. The number of halogens is 1. The standard InChI is InChI=1S/C25H32FN2O7P.C2H6/c1-24(2,3)17-9-18(25(4,5)6)21-16(20(17)26)13-33-36(35-21)32-12-15-7-8-19(34-15)28-10-14(11-29)22(30)27-23(28)31;1-2/h9-11,15,19H,7-8,12-13H2,1-6H3,(H,27,30,31);1-2H3. The molecule has 3 heterocycles. The van der Waals surface area contributed by atoms with E-state index in [1.165, 1.54) is 10.8 Å². The van der Waals surface area contributed by atoms with Crippen LogP contribution in [-0.2, 0) is 31.2 Å². The lowest BCUT2D eigenvalue weighted by Crippen LogP contribution is -2.34. The molecule has 0 amide bonds. The van der Waals surface area contributed by atoms with Crippen molar-refractivity contribution in [3.8, 4) is 5.75 Å². The van der Waals surface area contributed by atoms with E-state index in [4.69, 9.17) is 18.3 Å². The number of aromatic nitrogens is 2. The minimum Gasteiger partial charge on any atom is -0.426 e. The molecule has 210 valence electrons. The van der Waals surface area contributed by atoms with Gasteiger partial charge in [0.1, 0.15) is 17.8 Å². The molecule has 2 aromatic rings. The molecule has 9 nitrogen and oxygen atoms in total. The summed E-state index contributed by atoms with van der Waals surface area (Å²) in [7, 11) is -1.78. The molecule has 0 bridgehead atoms. The van der Waals surface area contributed by atoms with Crippen molar-refractivity contribution in [2.24, 2.45) is 0 Å². The third-order valence-corrected chi connectivity index (χ3v) is 7.32. The van der Waals surface area contributed by atoms with E-state index in [-0.39, 0.29) is 41.5 Å². The lowest BCUT2D eigenvalue weighted by Gasteiger charge is -2.33. The highest BCUT2D eigenvalue weighted by Gasteiger charge is 2.36. The number of H-pyrrole nitrogens is 1. The molecule has 3 atom stereocenters. The van der Waals surface area contributed by atoms with Crippen molar-refractivity contribution in [2.45, 2.75) is 98.0 Å². The van der Waals surface area contributed by atoms with Gasteiger partial charge in [-0.3, -0.25) is 28.2 Å². The Morgan fingerprint density at radius 3 is 2.39 bits per heavy atom. The van der Waals surface area contributed by atoms with Gasteiger partial charge in [0.15, 0.2) is 6.29 Å². The van der Waals surface area contributed by atoms with Gasteiger partial charge in [-0.1, -0.05) is 55.4 Å². The first-order valence-electron chi connectivity index (χ1n) is 12.9. The lowest BCUT2D eigenvalue weighted by atomic mass is 9.78. The van der Waals surface area contributed by atoms with Gasteiger partial charge in [-0.15, -0.1) is 0 Å². The van der Waals surface area contributed by atoms with Crippen LogP contribution in [0.1, 0.15) is 102 Å². The van der Waals surface area contributed by atoms with Gasteiger partial charge in [-0.05, 0) is 35.3 Å². The van der Waals surface area contributed by atoms with E-state index in [1.807, 2.05) is 40.7 Å². The van der Waals surface area contributed by atoms with Crippen LogP contribution in [0.4, 0.5) is 4.39 Å². The molecule has 1 N–H and O–H groups in total. The second-order valence-corrected chi connectivity index (χ2v) is 12.3. The van der Waals surface area contributed by atoms with Gasteiger partial charge in [-0.2, -0.15) is 0 Å². The first kappa shape index (κ1) is 30.2. The van der Waals surface area contributed by atoms with Crippen LogP contribution < -0.4 is 15.8 Å². The summed E-state index contributed by atoms with van der Waals surface area (Å²) in [5.41, 5.74) is -0.301. The molecule has 1 fully saturated rings. The molecule has 2 aliphatic rings. The molecule has 3 unspecified atom stereocenters. The molecule has 4 rings (SSSR count). The van der Waals surface area contributed by atoms with Crippen LogP contribution in [-0.4, -0.2) is 28.5 Å². The minimum atomic E-state index is -1.78. The normalized spacial score (nSPS) is 21.2. The molecule has 1 aromatic heterocycles. The zero-order chi connectivity index (χ0) is 28.4. The fourth-order valence-corrected chi connectivity index (χ4v) is 5.33. The molecule has 1 aromatic carbocycles. The Kier molecular flexibility index (Phi) is 9.35. The average Bonchev–Trinajstić information content (AvgIpc) is 3.31. The lowest BCUT2D eigenvalue weighted by molar-refractivity contribution is -0.0230. The number of nitrogens with one attached hydrogen (secondary N) is 1. The van der Waals surface area contributed by atoms with Gasteiger partial charge in [0.05, 0.1) is 30.4 Å². The van der Waals surface area contributed by atoms with Crippen LogP contribution >= 0.6 is 8.60 Å². The number of fused-ring (bicyclic) bond motifs is 1. The largest absolute Gasteiger partial charge is 0.426 e. The molecular weight excluding hydrogens is 514 g/mol. The van der Waals surface area contributed by atoms with E-state index in [2.05, 4.69) is 25.8 Å². The van der Waals surface area contributed by atoms with E-state index < -0.39 is 26.1 Å². The highest BCUT2D eigenvalue weighted by Crippen LogP contribution is 2.52. The Labute approximate surface area is 223 Å². The van der Waals surface area contributed by atoms with Crippen molar-refractivity contribution >= 4 is 14.9 Å². The second kappa shape index (κ2) is 11.8. The Hall–Kier alpha value is -2.39. The Morgan fingerprint density at radius 1 is 1.13 bits per heavy atom. The molecule has 2 aliphatic heterocycles. The summed E-state index contributed by atoms with van der Waals surface area (Å²) in [6.07, 6.45) is 1.68. The third-order valence-electron chi connectivity index (χ3n) is 6.29. The topological polar surface area (TPSA) is 109 Å². The summed E-state index contributed by atoms with van der Waals surface area (Å²) in [6, 6.07) is 1.88. The van der Waals surface area contributed by atoms with Crippen molar-refractivity contribution in [3.05, 3.63) is 61.2 Å². The van der Waals surface area contributed by atoms with Gasteiger partial charge in [-0.25, -0.2) is 9.18 Å². The predicted octanol–water partition coefficient (Wildman–Crippen LogP) is 5.64. The molecule has 11 heteroatoms. The highest BCUT2D eigenvalue weighted by atomic mass is 31.2. The van der Waals surface area contributed by atoms with Crippen LogP contribution in [0.15, 0.2) is 21.9 Å². The Balaban J connectivity index is 0.00000195. The van der Waals surface area contributed by atoms with Crippen LogP contribution in [0.3, 0.4) is 0 Å². The van der Waals surface area contributed by atoms with E-state index in [0.717, 1.165) is 5.56 Å². The van der Waals surface area contributed by atoms with Crippen LogP contribution in [0.2, 0.25) is 0 Å². The van der Waals surface area contributed by atoms with Crippen molar-refractivity contribution in [1.82, 2.24) is 9.55 Å². The number of hydrogen-bond donors (Lipinski definition) is 1. The number of ether oxygens (including phenoxy) is 1. The quantitative estimate of drug-likeness (QED) is 0.378. The number of nitrogens with zero attached hydrogens (tertiary/aromatic N) is 1. The number of aromatic amines is 1. The summed E-state index contributed by atoms with van der Waals surface area (Å²) in [6.45, 7) is 16.3. The summed E-state index contributed by atoms with van der Waals surface area (Å²) in [4.78, 5) is 37.0. The zero-order valence-electron chi connectivity index (χ0n) is 23.3. The van der Waals surface area contributed by atoms with Crippen molar-refractivity contribution in [3.63, 3.8) is 0 Å². The van der Waals surface area contributed by atoms with E-state index >= 15 is 4.39 Å². The summed E-state index contributed by atoms with van der Waals surface area (Å²) < 4.78 is 40.2. The minimum absolute atomic E-state index is 0.0370. The Bertz CT molecular complexity index is 1280. The van der Waals surface area contributed by atoms with Crippen molar-refractivity contribution in [1.29, 1.82) is 0 Å². The van der Waals surface area contributed by atoms with Crippen molar-refractivity contribution < 1.29 is 27.5 Å². The summed E-state index contributed by atoms with van der Waals surface area (Å²) in [5, 5.41) is 0. The van der Waals surface area contributed by atoms with Gasteiger partial charge in [0.2, 0.25) is 0 Å². The zero-order valence-corrected chi connectivity index (χ0v) is 24.2. The smallest absolute Gasteiger partial charge is 0.397 e. The Morgan fingerprint density at radius 2 is 1.79 bits per heavy atom. The van der Waals surface area contributed by atoms with Crippen LogP contribution in [0, 0.1) is 5.82 Å². The summed E-state index contributed by atoms with van der Waals surface area (Å²) >= 11 is 0. The van der Waals surface area contributed by atoms with Gasteiger partial charge < -0.3 is 9.26 Å². The molecule has 0 saturated carbocycles. The van der Waals surface area contributed by atoms with Crippen LogP contribution in [0.25, 0.3) is 0 Å². The fourth-order valence-electron chi connectivity index (χ4n) is 4.27. The fraction of sp³-hybridized carbons (Fsp3) is 0.593. The summed E-state index contributed by atoms with van der Waals surface area (Å²) in [5.74, 6) is 0.153. The average molecular weight is 553 g/mol. The van der Waals surface area contributed by atoms with Gasteiger partial charge in [0.25, 0.3) is 5.56 Å². The van der Waals surface area contributed by atoms with E-state index in [1.54, 1.807) is 0 Å². The number of aldehydes is 1. The number of benzene rings is 1. The first-order chi connectivity index (χ1) is 17.8. The molecule has 38 heavy (non-hydrogen) atoms.